The highest BCUT2D eigenvalue weighted by Gasteiger charge is 2.39. The van der Waals surface area contributed by atoms with E-state index in [2.05, 4.69) is 15.3 Å². The van der Waals surface area contributed by atoms with E-state index in [1.165, 1.54) is 25.7 Å². The molecule has 0 aromatic carbocycles. The van der Waals surface area contributed by atoms with Crippen molar-refractivity contribution in [2.45, 2.75) is 31.7 Å². The third-order valence-electron chi connectivity index (χ3n) is 3.75. The molecule has 2 aliphatic rings. The Labute approximate surface area is 89.3 Å². The van der Waals surface area contributed by atoms with Crippen LogP contribution >= 0.6 is 0 Å². The number of nitrogens with zero attached hydrogens (tertiary/aromatic N) is 2. The van der Waals surface area contributed by atoms with Gasteiger partial charge in [-0.3, -0.25) is 0 Å². The number of nitrogens with two attached hydrogens (primary N) is 1. The van der Waals surface area contributed by atoms with Gasteiger partial charge in [0.1, 0.15) is 5.82 Å². The van der Waals surface area contributed by atoms with Crippen molar-refractivity contribution in [2.75, 3.05) is 11.1 Å². The van der Waals surface area contributed by atoms with Gasteiger partial charge in [0.15, 0.2) is 0 Å². The van der Waals surface area contributed by atoms with Crippen molar-refractivity contribution in [3.8, 4) is 0 Å². The van der Waals surface area contributed by atoms with Gasteiger partial charge < -0.3 is 11.1 Å². The Kier molecular flexibility index (Phi) is 2.01. The van der Waals surface area contributed by atoms with Crippen LogP contribution in [-0.2, 0) is 0 Å². The summed E-state index contributed by atoms with van der Waals surface area (Å²) in [4.78, 5) is 8.06. The van der Waals surface area contributed by atoms with Gasteiger partial charge in [-0.25, -0.2) is 4.98 Å². The molecule has 0 unspecified atom stereocenters. The lowest BCUT2D eigenvalue weighted by molar-refractivity contribution is 0.439. The predicted molar refractivity (Wildman–Crippen MR) is 59.3 cm³/mol. The minimum Gasteiger partial charge on any atom is -0.368 e. The minimum absolute atomic E-state index is 0.350. The topological polar surface area (TPSA) is 63.8 Å². The number of aromatic nitrogens is 2. The largest absolute Gasteiger partial charge is 0.368 e. The number of hydrogen-bond acceptors (Lipinski definition) is 4. The van der Waals surface area contributed by atoms with Crippen LogP contribution in [-0.4, -0.2) is 16.0 Å². The molecule has 1 aromatic heterocycles. The van der Waals surface area contributed by atoms with Crippen molar-refractivity contribution < 1.29 is 0 Å². The molecule has 80 valence electrons. The molecule has 1 aromatic rings. The lowest BCUT2D eigenvalue weighted by Crippen LogP contribution is -2.26. The molecule has 2 bridgehead atoms. The van der Waals surface area contributed by atoms with Gasteiger partial charge in [-0.15, -0.1) is 0 Å². The Morgan fingerprint density at radius 1 is 1.33 bits per heavy atom. The second-order valence-corrected chi connectivity index (χ2v) is 4.73. The van der Waals surface area contributed by atoms with Crippen molar-refractivity contribution in [3.05, 3.63) is 12.3 Å². The summed E-state index contributed by atoms with van der Waals surface area (Å²) in [5, 5.41) is 3.48. The summed E-state index contributed by atoms with van der Waals surface area (Å²) >= 11 is 0. The van der Waals surface area contributed by atoms with Crippen LogP contribution in [0.5, 0.6) is 0 Å². The Bertz CT molecular complexity index is 365. The molecular formula is C11H16N4. The number of nitrogens with one attached hydrogen (secondary N) is 1. The number of anilines is 2. The smallest absolute Gasteiger partial charge is 0.221 e. The fourth-order valence-electron chi connectivity index (χ4n) is 3.07. The summed E-state index contributed by atoms with van der Waals surface area (Å²) in [5.74, 6) is 3.03. The summed E-state index contributed by atoms with van der Waals surface area (Å²) in [6.07, 6.45) is 7.21. The Balaban J connectivity index is 1.71. The molecule has 15 heavy (non-hydrogen) atoms. The summed E-state index contributed by atoms with van der Waals surface area (Å²) in [6.45, 7) is 0. The third kappa shape index (κ3) is 1.64. The molecule has 2 saturated carbocycles. The maximum absolute atomic E-state index is 5.55. The predicted octanol–water partition coefficient (Wildman–Crippen LogP) is 1.66. The first kappa shape index (κ1) is 8.95. The second-order valence-electron chi connectivity index (χ2n) is 4.73. The van der Waals surface area contributed by atoms with E-state index in [9.17, 15) is 0 Å². The Hall–Kier alpha value is -1.32. The van der Waals surface area contributed by atoms with Gasteiger partial charge in [0.25, 0.3) is 0 Å². The first-order chi connectivity index (χ1) is 7.31. The van der Waals surface area contributed by atoms with Crippen LogP contribution in [0.25, 0.3) is 0 Å². The zero-order valence-corrected chi connectivity index (χ0v) is 8.69. The number of nitrogen functional groups attached to an aromatic ring is 1. The van der Waals surface area contributed by atoms with Crippen LogP contribution in [0, 0.1) is 11.8 Å². The van der Waals surface area contributed by atoms with E-state index in [-0.39, 0.29) is 0 Å². The highest BCUT2D eigenvalue weighted by molar-refractivity contribution is 5.39. The maximum atomic E-state index is 5.55. The summed E-state index contributed by atoms with van der Waals surface area (Å²) in [5.41, 5.74) is 5.55. The minimum atomic E-state index is 0.350. The average Bonchev–Trinajstić information content (AvgIpc) is 2.79. The molecule has 2 aliphatic carbocycles. The Morgan fingerprint density at radius 3 is 2.93 bits per heavy atom. The summed E-state index contributed by atoms with van der Waals surface area (Å²) in [7, 11) is 0. The first-order valence-corrected chi connectivity index (χ1v) is 5.66. The van der Waals surface area contributed by atoms with Crippen LogP contribution in [0.15, 0.2) is 12.3 Å². The van der Waals surface area contributed by atoms with E-state index >= 15 is 0 Å². The highest BCUT2D eigenvalue weighted by Crippen LogP contribution is 2.45. The lowest BCUT2D eigenvalue weighted by Gasteiger charge is -2.23. The van der Waals surface area contributed by atoms with Gasteiger partial charge >= 0.3 is 0 Å². The van der Waals surface area contributed by atoms with E-state index in [0.717, 1.165) is 17.7 Å². The van der Waals surface area contributed by atoms with E-state index in [4.69, 9.17) is 5.73 Å². The van der Waals surface area contributed by atoms with E-state index < -0.39 is 0 Å². The molecule has 0 radical (unpaired) electrons. The third-order valence-corrected chi connectivity index (χ3v) is 3.75. The highest BCUT2D eigenvalue weighted by atomic mass is 15.1. The van der Waals surface area contributed by atoms with Crippen molar-refractivity contribution in [1.82, 2.24) is 9.97 Å². The standard InChI is InChI=1S/C11H16N4/c12-11-13-4-3-10(15-11)14-9-6-7-1-2-8(9)5-7/h3-4,7-9H,1-2,5-6H2,(H3,12,13,14,15)/t7-,8+,9-/m0/s1. The van der Waals surface area contributed by atoms with Crippen molar-refractivity contribution in [2.24, 2.45) is 11.8 Å². The lowest BCUT2D eigenvalue weighted by atomic mass is 9.95. The van der Waals surface area contributed by atoms with Gasteiger partial charge in [-0.2, -0.15) is 4.98 Å². The molecule has 3 rings (SSSR count). The molecule has 4 nitrogen and oxygen atoms in total. The molecule has 4 heteroatoms. The van der Waals surface area contributed by atoms with E-state index in [1.807, 2.05) is 6.07 Å². The SMILES string of the molecule is Nc1nccc(N[C@H]2C[C@H]3CC[C@@H]2C3)n1. The number of rotatable bonds is 2. The number of fused-ring (bicyclic) bond motifs is 2. The molecule has 3 atom stereocenters. The maximum Gasteiger partial charge on any atom is 0.221 e. The molecule has 0 amide bonds. The number of hydrogen-bond donors (Lipinski definition) is 2. The Morgan fingerprint density at radius 2 is 2.27 bits per heavy atom. The van der Waals surface area contributed by atoms with E-state index in [1.54, 1.807) is 6.20 Å². The summed E-state index contributed by atoms with van der Waals surface area (Å²) < 4.78 is 0. The van der Waals surface area contributed by atoms with E-state index in [0.29, 0.717) is 12.0 Å². The monoisotopic (exact) mass is 204 g/mol. The second kappa shape index (κ2) is 3.36. The molecule has 0 aliphatic heterocycles. The molecule has 2 fully saturated rings. The summed E-state index contributed by atoms with van der Waals surface area (Å²) in [6, 6.07) is 2.50. The molecule has 0 saturated heterocycles. The molecule has 1 heterocycles. The first-order valence-electron chi connectivity index (χ1n) is 5.66. The van der Waals surface area contributed by atoms with Crippen LogP contribution in [0.2, 0.25) is 0 Å². The molecule has 3 N–H and O–H groups in total. The van der Waals surface area contributed by atoms with Gasteiger partial charge in [0.05, 0.1) is 0 Å². The van der Waals surface area contributed by atoms with Crippen molar-refractivity contribution >= 4 is 11.8 Å². The van der Waals surface area contributed by atoms with Gasteiger partial charge in [0.2, 0.25) is 5.95 Å². The zero-order chi connectivity index (χ0) is 10.3. The van der Waals surface area contributed by atoms with Crippen molar-refractivity contribution in [1.29, 1.82) is 0 Å². The molecule has 0 spiro atoms. The van der Waals surface area contributed by atoms with Gasteiger partial charge in [0, 0.05) is 12.2 Å². The quantitative estimate of drug-likeness (QED) is 0.769. The van der Waals surface area contributed by atoms with Crippen molar-refractivity contribution in [3.63, 3.8) is 0 Å². The van der Waals surface area contributed by atoms with Crippen LogP contribution < -0.4 is 11.1 Å². The van der Waals surface area contributed by atoms with Gasteiger partial charge in [-0.1, -0.05) is 6.42 Å². The normalized spacial score (nSPS) is 33.2. The molecular weight excluding hydrogens is 188 g/mol. The fraction of sp³-hybridized carbons (Fsp3) is 0.636. The fourth-order valence-corrected chi connectivity index (χ4v) is 3.07. The van der Waals surface area contributed by atoms with Crippen LogP contribution in [0.4, 0.5) is 11.8 Å². The zero-order valence-electron chi connectivity index (χ0n) is 8.69. The van der Waals surface area contributed by atoms with Gasteiger partial charge in [-0.05, 0) is 37.2 Å². The van der Waals surface area contributed by atoms with Crippen LogP contribution in [0.1, 0.15) is 25.7 Å². The van der Waals surface area contributed by atoms with Crippen LogP contribution in [0.3, 0.4) is 0 Å². The average molecular weight is 204 g/mol.